The number of allylic oxidation sites excluding steroid dienone is 2. The highest BCUT2D eigenvalue weighted by Gasteiger charge is 2.16. The van der Waals surface area contributed by atoms with Crippen molar-refractivity contribution in [2.24, 2.45) is 5.92 Å². The van der Waals surface area contributed by atoms with Gasteiger partial charge in [0, 0.05) is 6.42 Å². The Morgan fingerprint density at radius 1 is 1.32 bits per heavy atom. The van der Waals surface area contributed by atoms with Crippen LogP contribution in [0, 0.1) is 5.92 Å². The summed E-state index contributed by atoms with van der Waals surface area (Å²) in [4.78, 5) is 11.8. The highest BCUT2D eigenvalue weighted by Crippen LogP contribution is 2.17. The Labute approximate surface area is 135 Å². The average molecular weight is 308 g/mol. The summed E-state index contributed by atoms with van der Waals surface area (Å²) in [6.07, 6.45) is 7.49. The molecule has 126 valence electrons. The SMILES string of the molecule is C=CC(C)(O)CC/C=C(\C)CC(C=C(C)C)OC(=O)C(C)C. The Kier molecular flexibility index (Phi) is 9.03. The fraction of sp³-hybridized carbons (Fsp3) is 0.632. The topological polar surface area (TPSA) is 46.5 Å². The number of esters is 1. The molecule has 0 heterocycles. The average Bonchev–Trinajstić information content (AvgIpc) is 2.37. The van der Waals surface area contributed by atoms with Crippen LogP contribution in [0.15, 0.2) is 36.0 Å². The van der Waals surface area contributed by atoms with E-state index in [1.165, 1.54) is 0 Å². The lowest BCUT2D eigenvalue weighted by Crippen LogP contribution is -2.21. The maximum absolute atomic E-state index is 11.8. The molecule has 0 bridgehead atoms. The van der Waals surface area contributed by atoms with Crippen LogP contribution in [0.2, 0.25) is 0 Å². The third-order valence-electron chi connectivity index (χ3n) is 3.36. The summed E-state index contributed by atoms with van der Waals surface area (Å²) in [7, 11) is 0. The van der Waals surface area contributed by atoms with E-state index in [9.17, 15) is 9.90 Å². The molecule has 0 amide bonds. The van der Waals surface area contributed by atoms with Gasteiger partial charge in [0.05, 0.1) is 11.5 Å². The first kappa shape index (κ1) is 20.6. The number of rotatable bonds is 9. The van der Waals surface area contributed by atoms with Crippen LogP contribution in [-0.4, -0.2) is 22.8 Å². The molecule has 2 atom stereocenters. The van der Waals surface area contributed by atoms with Gasteiger partial charge >= 0.3 is 5.97 Å². The van der Waals surface area contributed by atoms with Crippen molar-refractivity contribution in [2.75, 3.05) is 0 Å². The van der Waals surface area contributed by atoms with Gasteiger partial charge in [0.15, 0.2) is 0 Å². The largest absolute Gasteiger partial charge is 0.458 e. The monoisotopic (exact) mass is 308 g/mol. The molecule has 0 radical (unpaired) electrons. The molecule has 0 fully saturated rings. The Balaban J connectivity index is 4.68. The summed E-state index contributed by atoms with van der Waals surface area (Å²) in [5, 5.41) is 9.89. The van der Waals surface area contributed by atoms with E-state index in [0.717, 1.165) is 17.6 Å². The number of hydrogen-bond acceptors (Lipinski definition) is 3. The number of carbonyl (C=O) groups excluding carboxylic acids is 1. The zero-order chi connectivity index (χ0) is 17.3. The van der Waals surface area contributed by atoms with Crippen LogP contribution in [0.1, 0.15) is 60.8 Å². The van der Waals surface area contributed by atoms with Gasteiger partial charge in [-0.15, -0.1) is 6.58 Å². The van der Waals surface area contributed by atoms with E-state index in [4.69, 9.17) is 4.74 Å². The molecule has 3 heteroatoms. The van der Waals surface area contributed by atoms with Crippen LogP contribution in [-0.2, 0) is 9.53 Å². The van der Waals surface area contributed by atoms with Crippen molar-refractivity contribution in [3.8, 4) is 0 Å². The molecule has 0 saturated heterocycles. The molecule has 0 saturated carbocycles. The highest BCUT2D eigenvalue weighted by molar-refractivity contribution is 5.71. The second-order valence-electron chi connectivity index (χ2n) is 6.73. The molecular formula is C19H32O3. The molecule has 0 aliphatic heterocycles. The van der Waals surface area contributed by atoms with Crippen LogP contribution in [0.3, 0.4) is 0 Å². The molecule has 0 aliphatic rings. The lowest BCUT2D eigenvalue weighted by Gasteiger charge is -2.18. The Bertz CT molecular complexity index is 424. The summed E-state index contributed by atoms with van der Waals surface area (Å²) < 4.78 is 5.54. The number of aliphatic hydroxyl groups is 1. The van der Waals surface area contributed by atoms with Crippen molar-refractivity contribution in [3.05, 3.63) is 36.0 Å². The first-order chi connectivity index (χ1) is 10.1. The maximum atomic E-state index is 11.8. The Morgan fingerprint density at radius 3 is 2.36 bits per heavy atom. The minimum Gasteiger partial charge on any atom is -0.458 e. The van der Waals surface area contributed by atoms with Gasteiger partial charge in [-0.1, -0.05) is 37.1 Å². The molecule has 0 spiro atoms. The smallest absolute Gasteiger partial charge is 0.308 e. The van der Waals surface area contributed by atoms with Gasteiger partial charge in [-0.3, -0.25) is 4.79 Å². The predicted octanol–water partition coefficient (Wildman–Crippen LogP) is 4.57. The van der Waals surface area contributed by atoms with Crippen LogP contribution in [0.25, 0.3) is 0 Å². The molecule has 0 aromatic carbocycles. The molecule has 22 heavy (non-hydrogen) atoms. The van der Waals surface area contributed by atoms with E-state index in [-0.39, 0.29) is 18.0 Å². The molecule has 0 aromatic heterocycles. The second kappa shape index (κ2) is 9.62. The van der Waals surface area contributed by atoms with Gasteiger partial charge in [0.25, 0.3) is 0 Å². The van der Waals surface area contributed by atoms with E-state index in [1.807, 2.05) is 40.7 Å². The van der Waals surface area contributed by atoms with Crippen molar-refractivity contribution >= 4 is 5.97 Å². The molecule has 0 aliphatic carbocycles. The third kappa shape index (κ3) is 9.56. The minimum absolute atomic E-state index is 0.125. The zero-order valence-electron chi connectivity index (χ0n) is 15.0. The van der Waals surface area contributed by atoms with Crippen LogP contribution in [0.4, 0.5) is 0 Å². The van der Waals surface area contributed by atoms with E-state index in [2.05, 4.69) is 12.7 Å². The van der Waals surface area contributed by atoms with Gasteiger partial charge in [-0.2, -0.15) is 0 Å². The molecule has 2 unspecified atom stereocenters. The van der Waals surface area contributed by atoms with Gasteiger partial charge in [0.2, 0.25) is 0 Å². The Morgan fingerprint density at radius 2 is 1.91 bits per heavy atom. The van der Waals surface area contributed by atoms with Crippen LogP contribution >= 0.6 is 0 Å². The number of carbonyl (C=O) groups is 1. The third-order valence-corrected chi connectivity index (χ3v) is 3.36. The fourth-order valence-corrected chi connectivity index (χ4v) is 1.91. The standard InChI is InChI=1S/C19H32O3/c1-8-19(7,21)11-9-10-16(6)13-17(12-14(2)3)22-18(20)15(4)5/h8,10,12,15,17,21H,1,9,11,13H2,2-7H3/b16-10+. The molecule has 1 N–H and O–H groups in total. The zero-order valence-corrected chi connectivity index (χ0v) is 15.0. The van der Waals surface area contributed by atoms with Gasteiger partial charge in [0.1, 0.15) is 6.10 Å². The summed E-state index contributed by atoms with van der Waals surface area (Å²) in [6, 6.07) is 0. The van der Waals surface area contributed by atoms with E-state index in [0.29, 0.717) is 12.8 Å². The summed E-state index contributed by atoms with van der Waals surface area (Å²) in [5.74, 6) is -0.301. The lowest BCUT2D eigenvalue weighted by atomic mass is 9.98. The Hall–Kier alpha value is -1.35. The first-order valence-corrected chi connectivity index (χ1v) is 7.94. The molecule has 0 rings (SSSR count). The van der Waals surface area contributed by atoms with Crippen molar-refractivity contribution in [2.45, 2.75) is 72.5 Å². The van der Waals surface area contributed by atoms with E-state index < -0.39 is 5.60 Å². The summed E-state index contributed by atoms with van der Waals surface area (Å²) in [5.41, 5.74) is 1.45. The second-order valence-corrected chi connectivity index (χ2v) is 6.73. The summed E-state index contributed by atoms with van der Waals surface area (Å²) in [6.45, 7) is 15.1. The predicted molar refractivity (Wildman–Crippen MR) is 92.6 cm³/mol. The van der Waals surface area contributed by atoms with Gasteiger partial charge in [-0.05, 0) is 46.6 Å². The maximum Gasteiger partial charge on any atom is 0.308 e. The molecule has 3 nitrogen and oxygen atoms in total. The van der Waals surface area contributed by atoms with E-state index in [1.54, 1.807) is 13.0 Å². The van der Waals surface area contributed by atoms with Crippen molar-refractivity contribution < 1.29 is 14.6 Å². The van der Waals surface area contributed by atoms with Crippen molar-refractivity contribution in [1.82, 2.24) is 0 Å². The van der Waals surface area contributed by atoms with Gasteiger partial charge < -0.3 is 9.84 Å². The van der Waals surface area contributed by atoms with Crippen molar-refractivity contribution in [1.29, 1.82) is 0 Å². The summed E-state index contributed by atoms with van der Waals surface area (Å²) >= 11 is 0. The quantitative estimate of drug-likeness (QED) is 0.501. The number of ether oxygens (including phenoxy) is 1. The normalized spacial score (nSPS) is 15.9. The van der Waals surface area contributed by atoms with Gasteiger partial charge in [-0.25, -0.2) is 0 Å². The highest BCUT2D eigenvalue weighted by atomic mass is 16.5. The molecular weight excluding hydrogens is 276 g/mol. The molecule has 0 aromatic rings. The van der Waals surface area contributed by atoms with E-state index >= 15 is 0 Å². The minimum atomic E-state index is -0.833. The fourth-order valence-electron chi connectivity index (χ4n) is 1.91. The van der Waals surface area contributed by atoms with Crippen molar-refractivity contribution in [3.63, 3.8) is 0 Å². The lowest BCUT2D eigenvalue weighted by molar-refractivity contribution is -0.150. The van der Waals surface area contributed by atoms with Crippen LogP contribution < -0.4 is 0 Å². The van der Waals surface area contributed by atoms with Crippen LogP contribution in [0.5, 0.6) is 0 Å². The first-order valence-electron chi connectivity index (χ1n) is 7.94. The number of hydrogen-bond donors (Lipinski definition) is 1.